The minimum atomic E-state index is -0.275. The summed E-state index contributed by atoms with van der Waals surface area (Å²) in [5.74, 6) is -0.304. The summed E-state index contributed by atoms with van der Waals surface area (Å²) in [6.07, 6.45) is 0.0307. The average molecular weight is 308 g/mol. The van der Waals surface area contributed by atoms with Gasteiger partial charge in [0.1, 0.15) is 12.4 Å². The Balaban J connectivity index is 1.70. The number of ether oxygens (including phenoxy) is 2. The molecule has 1 aromatic carbocycles. The summed E-state index contributed by atoms with van der Waals surface area (Å²) in [6, 6.07) is 6.44. The zero-order valence-electron chi connectivity index (χ0n) is 12.7. The molecule has 2 fully saturated rings. The van der Waals surface area contributed by atoms with Crippen molar-refractivity contribution in [3.05, 3.63) is 35.6 Å². The molecule has 5 nitrogen and oxygen atoms in total. The Labute approximate surface area is 129 Å². The van der Waals surface area contributed by atoms with Crippen LogP contribution in [0.25, 0.3) is 0 Å². The molecule has 0 bridgehead atoms. The Morgan fingerprint density at radius 2 is 2.27 bits per heavy atom. The maximum Gasteiger partial charge on any atom is 0.249 e. The third-order valence-electron chi connectivity index (χ3n) is 4.31. The van der Waals surface area contributed by atoms with E-state index in [-0.39, 0.29) is 30.5 Å². The summed E-state index contributed by atoms with van der Waals surface area (Å²) in [5.41, 5.74) is 0.810. The zero-order valence-corrected chi connectivity index (χ0v) is 12.7. The molecule has 0 saturated carbocycles. The van der Waals surface area contributed by atoms with Gasteiger partial charge in [0.15, 0.2) is 0 Å². The first kappa shape index (κ1) is 15.4. The van der Waals surface area contributed by atoms with Crippen molar-refractivity contribution in [2.45, 2.75) is 18.7 Å². The van der Waals surface area contributed by atoms with Crippen molar-refractivity contribution in [1.82, 2.24) is 9.80 Å². The van der Waals surface area contributed by atoms with Gasteiger partial charge in [-0.15, -0.1) is 0 Å². The summed E-state index contributed by atoms with van der Waals surface area (Å²) in [4.78, 5) is 16.3. The number of carbonyl (C=O) groups is 1. The standard InChI is InChI=1S/C16H21FN2O3/c1-21-6-5-18-9-14-15(10-18)22-11-16(20)19(14)8-12-3-2-4-13(17)7-12/h2-4,7,14-15H,5-6,8-11H2,1H3/t14-,15-/m1/s1. The number of hydrogen-bond donors (Lipinski definition) is 0. The number of benzene rings is 1. The Morgan fingerprint density at radius 1 is 1.41 bits per heavy atom. The van der Waals surface area contributed by atoms with Crippen LogP contribution in [0.15, 0.2) is 24.3 Å². The number of fused-ring (bicyclic) bond motifs is 1. The maximum atomic E-state index is 13.3. The van der Waals surface area contributed by atoms with Gasteiger partial charge in [-0.1, -0.05) is 12.1 Å². The largest absolute Gasteiger partial charge is 0.383 e. The van der Waals surface area contributed by atoms with Crippen molar-refractivity contribution in [3.8, 4) is 0 Å². The van der Waals surface area contributed by atoms with Gasteiger partial charge < -0.3 is 14.4 Å². The monoisotopic (exact) mass is 308 g/mol. The third kappa shape index (κ3) is 3.29. The van der Waals surface area contributed by atoms with Crippen molar-refractivity contribution in [2.75, 3.05) is 40.0 Å². The lowest BCUT2D eigenvalue weighted by Crippen LogP contribution is -2.53. The van der Waals surface area contributed by atoms with Crippen LogP contribution in [0.4, 0.5) is 4.39 Å². The smallest absolute Gasteiger partial charge is 0.249 e. The van der Waals surface area contributed by atoms with Gasteiger partial charge in [0, 0.05) is 33.3 Å². The lowest BCUT2D eigenvalue weighted by Gasteiger charge is -2.36. The fourth-order valence-corrected chi connectivity index (χ4v) is 3.18. The van der Waals surface area contributed by atoms with E-state index in [9.17, 15) is 9.18 Å². The van der Waals surface area contributed by atoms with E-state index in [1.807, 2.05) is 11.0 Å². The molecule has 0 N–H and O–H groups in total. The molecule has 2 aliphatic heterocycles. The molecular weight excluding hydrogens is 287 g/mol. The topological polar surface area (TPSA) is 42.0 Å². The number of carbonyl (C=O) groups excluding carboxylic acids is 1. The Morgan fingerprint density at radius 3 is 3.05 bits per heavy atom. The molecule has 2 heterocycles. The first-order valence-corrected chi connectivity index (χ1v) is 7.54. The molecule has 1 amide bonds. The third-order valence-corrected chi connectivity index (χ3v) is 4.31. The number of hydrogen-bond acceptors (Lipinski definition) is 4. The van der Waals surface area contributed by atoms with Crippen LogP contribution in [-0.4, -0.2) is 67.8 Å². The fraction of sp³-hybridized carbons (Fsp3) is 0.562. The van der Waals surface area contributed by atoms with Gasteiger partial charge in [0.05, 0.1) is 18.8 Å². The second-order valence-electron chi connectivity index (χ2n) is 5.82. The van der Waals surface area contributed by atoms with E-state index >= 15 is 0 Å². The number of amides is 1. The van der Waals surface area contributed by atoms with Gasteiger partial charge in [0.25, 0.3) is 0 Å². The van der Waals surface area contributed by atoms with Crippen molar-refractivity contribution < 1.29 is 18.7 Å². The summed E-state index contributed by atoms with van der Waals surface area (Å²) in [7, 11) is 1.68. The molecule has 2 atom stereocenters. The fourth-order valence-electron chi connectivity index (χ4n) is 3.18. The van der Waals surface area contributed by atoms with Crippen LogP contribution in [0.5, 0.6) is 0 Å². The summed E-state index contributed by atoms with van der Waals surface area (Å²) >= 11 is 0. The normalized spacial score (nSPS) is 25.5. The lowest BCUT2D eigenvalue weighted by atomic mass is 10.1. The zero-order chi connectivity index (χ0) is 15.5. The second kappa shape index (κ2) is 6.73. The van der Waals surface area contributed by atoms with E-state index in [0.29, 0.717) is 13.2 Å². The molecule has 0 unspecified atom stereocenters. The van der Waals surface area contributed by atoms with E-state index in [1.165, 1.54) is 12.1 Å². The number of nitrogens with zero attached hydrogens (tertiary/aromatic N) is 2. The van der Waals surface area contributed by atoms with Crippen LogP contribution in [0.3, 0.4) is 0 Å². The summed E-state index contributed by atoms with van der Waals surface area (Å²) in [5, 5.41) is 0. The Bertz CT molecular complexity index is 540. The maximum absolute atomic E-state index is 13.3. The van der Waals surface area contributed by atoms with Crippen molar-refractivity contribution in [1.29, 1.82) is 0 Å². The van der Waals surface area contributed by atoms with Gasteiger partial charge in [0.2, 0.25) is 5.91 Å². The van der Waals surface area contributed by atoms with Crippen LogP contribution in [0.2, 0.25) is 0 Å². The molecule has 2 saturated heterocycles. The quantitative estimate of drug-likeness (QED) is 0.810. The molecule has 6 heteroatoms. The molecule has 0 radical (unpaired) electrons. The van der Waals surface area contributed by atoms with Crippen LogP contribution in [0.1, 0.15) is 5.56 Å². The number of rotatable bonds is 5. The van der Waals surface area contributed by atoms with E-state index < -0.39 is 0 Å². The van der Waals surface area contributed by atoms with Gasteiger partial charge in [-0.05, 0) is 17.7 Å². The molecule has 0 spiro atoms. The lowest BCUT2D eigenvalue weighted by molar-refractivity contribution is -0.153. The second-order valence-corrected chi connectivity index (χ2v) is 5.82. The number of methoxy groups -OCH3 is 1. The van der Waals surface area contributed by atoms with Crippen LogP contribution < -0.4 is 0 Å². The van der Waals surface area contributed by atoms with Gasteiger partial charge in [-0.2, -0.15) is 0 Å². The van der Waals surface area contributed by atoms with Gasteiger partial charge >= 0.3 is 0 Å². The highest BCUT2D eigenvalue weighted by Gasteiger charge is 2.42. The number of morpholine rings is 1. The molecule has 0 aliphatic carbocycles. The van der Waals surface area contributed by atoms with Crippen molar-refractivity contribution >= 4 is 5.91 Å². The molecule has 120 valence electrons. The van der Waals surface area contributed by atoms with Crippen molar-refractivity contribution in [2.24, 2.45) is 0 Å². The highest BCUT2D eigenvalue weighted by molar-refractivity contribution is 5.78. The molecule has 3 rings (SSSR count). The van der Waals surface area contributed by atoms with E-state index in [1.54, 1.807) is 13.2 Å². The van der Waals surface area contributed by atoms with Crippen LogP contribution in [0, 0.1) is 5.82 Å². The van der Waals surface area contributed by atoms with Crippen molar-refractivity contribution in [3.63, 3.8) is 0 Å². The van der Waals surface area contributed by atoms with Gasteiger partial charge in [-0.25, -0.2) is 4.39 Å². The van der Waals surface area contributed by atoms with Crippen LogP contribution in [-0.2, 0) is 20.8 Å². The SMILES string of the molecule is COCCN1C[C@@H]2[C@@H](C1)OCC(=O)N2Cc1cccc(F)c1. The predicted molar refractivity (Wildman–Crippen MR) is 78.8 cm³/mol. The van der Waals surface area contributed by atoms with Crippen LogP contribution >= 0.6 is 0 Å². The molecule has 1 aromatic rings. The molecule has 22 heavy (non-hydrogen) atoms. The van der Waals surface area contributed by atoms with Gasteiger partial charge in [-0.3, -0.25) is 9.69 Å². The highest BCUT2D eigenvalue weighted by Crippen LogP contribution is 2.25. The average Bonchev–Trinajstić information content (AvgIpc) is 2.91. The number of likely N-dealkylation sites (tertiary alicyclic amines) is 1. The Hall–Kier alpha value is -1.50. The van der Waals surface area contributed by atoms with E-state index in [0.717, 1.165) is 25.2 Å². The van der Waals surface area contributed by atoms with E-state index in [4.69, 9.17) is 9.47 Å². The highest BCUT2D eigenvalue weighted by atomic mass is 19.1. The summed E-state index contributed by atoms with van der Waals surface area (Å²) < 4.78 is 24.1. The molecule has 2 aliphatic rings. The predicted octanol–water partition coefficient (Wildman–Crippen LogP) is 0.884. The first-order valence-electron chi connectivity index (χ1n) is 7.54. The summed E-state index contributed by atoms with van der Waals surface area (Å²) in [6.45, 7) is 3.61. The molecule has 0 aromatic heterocycles. The number of halogens is 1. The minimum Gasteiger partial charge on any atom is -0.383 e. The first-order chi connectivity index (χ1) is 10.7. The van der Waals surface area contributed by atoms with E-state index in [2.05, 4.69) is 4.90 Å². The molecular formula is C16H21FN2O3. The Kier molecular flexibility index (Phi) is 4.71. The minimum absolute atomic E-state index is 0.0286.